The smallest absolute Gasteiger partial charge is 0.309 e. The van der Waals surface area contributed by atoms with Gasteiger partial charge in [-0.2, -0.15) is 0 Å². The molecule has 7 nitrogen and oxygen atoms in total. The molecule has 0 unspecified atom stereocenters. The van der Waals surface area contributed by atoms with E-state index in [1.165, 1.54) is 43.5 Å². The Bertz CT molecular complexity index is 755. The molecule has 1 aliphatic carbocycles. The van der Waals surface area contributed by atoms with Gasteiger partial charge in [-0.25, -0.2) is 13.6 Å². The predicted molar refractivity (Wildman–Crippen MR) is 102 cm³/mol. The minimum absolute atomic E-state index is 0.0999. The van der Waals surface area contributed by atoms with Crippen molar-refractivity contribution < 1.29 is 22.7 Å². The first-order valence-electron chi connectivity index (χ1n) is 9.39. The summed E-state index contributed by atoms with van der Waals surface area (Å²) in [6, 6.07) is 5.60. The van der Waals surface area contributed by atoms with Gasteiger partial charge in [-0.15, -0.1) is 0 Å². The van der Waals surface area contributed by atoms with Crippen molar-refractivity contribution in [2.75, 3.05) is 11.9 Å². The lowest BCUT2D eigenvalue weighted by atomic mass is 9.80. The van der Waals surface area contributed by atoms with Gasteiger partial charge < -0.3 is 10.1 Å². The Morgan fingerprint density at radius 3 is 2.56 bits per heavy atom. The summed E-state index contributed by atoms with van der Waals surface area (Å²) in [7, 11) is -3.85. The van der Waals surface area contributed by atoms with Crippen LogP contribution in [0.4, 0.5) is 5.69 Å². The lowest BCUT2D eigenvalue weighted by Gasteiger charge is -2.27. The molecule has 0 saturated heterocycles. The second kappa shape index (κ2) is 9.85. The second-order valence-corrected chi connectivity index (χ2v) is 8.65. The first kappa shape index (κ1) is 21.4. The van der Waals surface area contributed by atoms with E-state index in [1.54, 1.807) is 0 Å². The van der Waals surface area contributed by atoms with E-state index in [2.05, 4.69) is 12.2 Å². The van der Waals surface area contributed by atoms with Crippen LogP contribution in [0.15, 0.2) is 29.2 Å². The van der Waals surface area contributed by atoms with Gasteiger partial charge in [0.15, 0.2) is 6.61 Å². The Hall–Kier alpha value is -1.93. The predicted octanol–water partition coefficient (Wildman–Crippen LogP) is 2.81. The summed E-state index contributed by atoms with van der Waals surface area (Å²) in [5.41, 5.74) is 0.277. The molecule has 0 aliphatic heterocycles. The maximum atomic E-state index is 12.2. The normalized spacial score (nSPS) is 20.1. The summed E-state index contributed by atoms with van der Waals surface area (Å²) in [5, 5.41) is 7.57. The van der Waals surface area contributed by atoms with Crippen molar-refractivity contribution >= 4 is 27.6 Å². The van der Waals surface area contributed by atoms with Crippen molar-refractivity contribution in [3.05, 3.63) is 24.3 Å². The van der Waals surface area contributed by atoms with Gasteiger partial charge in [0.25, 0.3) is 5.91 Å². The van der Waals surface area contributed by atoms with Gasteiger partial charge in [0, 0.05) is 5.69 Å². The van der Waals surface area contributed by atoms with E-state index in [-0.39, 0.29) is 22.5 Å². The Kier molecular flexibility index (Phi) is 7.79. The third-order valence-electron chi connectivity index (χ3n) is 4.94. The zero-order valence-electron chi connectivity index (χ0n) is 15.6. The van der Waals surface area contributed by atoms with E-state index < -0.39 is 22.5 Å². The summed E-state index contributed by atoms with van der Waals surface area (Å²) in [4.78, 5) is 24.0. The molecule has 3 N–H and O–H groups in total. The number of carbonyl (C=O) groups excluding carboxylic acids is 2. The molecule has 1 saturated carbocycles. The van der Waals surface area contributed by atoms with Gasteiger partial charge in [-0.3, -0.25) is 9.59 Å². The SMILES string of the molecule is CCCCC1CCC(C(=O)OCC(=O)Nc2cccc(S(N)(=O)=O)c2)CC1. The van der Waals surface area contributed by atoms with Crippen LogP contribution in [-0.2, 0) is 24.3 Å². The fourth-order valence-corrected chi connectivity index (χ4v) is 3.94. The Labute approximate surface area is 160 Å². The summed E-state index contributed by atoms with van der Waals surface area (Å²) < 4.78 is 27.8. The lowest BCUT2D eigenvalue weighted by Crippen LogP contribution is -2.27. The molecule has 1 amide bonds. The van der Waals surface area contributed by atoms with Crippen LogP contribution in [-0.4, -0.2) is 26.9 Å². The van der Waals surface area contributed by atoms with E-state index in [4.69, 9.17) is 9.88 Å². The van der Waals surface area contributed by atoms with Crippen molar-refractivity contribution in [3.63, 3.8) is 0 Å². The number of benzene rings is 1. The number of esters is 1. The number of hydrogen-bond acceptors (Lipinski definition) is 5. The highest BCUT2D eigenvalue weighted by Gasteiger charge is 2.27. The maximum absolute atomic E-state index is 12.2. The first-order valence-corrected chi connectivity index (χ1v) is 10.9. The van der Waals surface area contributed by atoms with E-state index in [0.717, 1.165) is 25.7 Å². The number of nitrogens with one attached hydrogen (secondary N) is 1. The molecule has 0 heterocycles. The van der Waals surface area contributed by atoms with Gasteiger partial charge >= 0.3 is 5.97 Å². The Balaban J connectivity index is 1.77. The van der Waals surface area contributed by atoms with Crippen molar-refractivity contribution in [1.82, 2.24) is 0 Å². The van der Waals surface area contributed by atoms with Crippen LogP contribution in [0.5, 0.6) is 0 Å². The number of sulfonamides is 1. The number of primary sulfonamides is 1. The molecule has 2 rings (SSSR count). The third kappa shape index (κ3) is 6.95. The third-order valence-corrected chi connectivity index (χ3v) is 5.85. The molecule has 1 fully saturated rings. The molecule has 0 spiro atoms. The molecule has 0 aromatic heterocycles. The summed E-state index contributed by atoms with van der Waals surface area (Å²) in [6.07, 6.45) is 7.33. The molecule has 27 heavy (non-hydrogen) atoms. The summed E-state index contributed by atoms with van der Waals surface area (Å²) in [5.74, 6) is -0.297. The Morgan fingerprint density at radius 2 is 1.93 bits per heavy atom. The summed E-state index contributed by atoms with van der Waals surface area (Å²) in [6.45, 7) is 1.79. The molecule has 1 aliphatic rings. The number of unbranched alkanes of at least 4 members (excludes halogenated alkanes) is 1. The molecule has 1 aromatic carbocycles. The van der Waals surface area contributed by atoms with E-state index in [9.17, 15) is 18.0 Å². The van der Waals surface area contributed by atoms with Crippen LogP contribution in [0.1, 0.15) is 51.9 Å². The molecule has 0 atom stereocenters. The number of amides is 1. The van der Waals surface area contributed by atoms with E-state index in [1.807, 2.05) is 0 Å². The van der Waals surface area contributed by atoms with Crippen LogP contribution in [0, 0.1) is 11.8 Å². The number of hydrogen-bond donors (Lipinski definition) is 2. The van der Waals surface area contributed by atoms with Crippen LogP contribution in [0.2, 0.25) is 0 Å². The average molecular weight is 397 g/mol. The highest BCUT2D eigenvalue weighted by atomic mass is 32.2. The zero-order chi connectivity index (χ0) is 19.9. The highest BCUT2D eigenvalue weighted by Crippen LogP contribution is 2.32. The standard InChI is InChI=1S/C19H28N2O5S/c1-2-3-5-14-8-10-15(11-9-14)19(23)26-13-18(22)21-16-6-4-7-17(12-16)27(20,24)25/h4,6-7,12,14-15H,2-3,5,8-11,13H2,1H3,(H,21,22)(H2,20,24,25). The quantitative estimate of drug-likeness (QED) is 0.656. The number of ether oxygens (including phenoxy) is 1. The molecular weight excluding hydrogens is 368 g/mol. The van der Waals surface area contributed by atoms with Crippen molar-refractivity contribution in [1.29, 1.82) is 0 Å². The largest absolute Gasteiger partial charge is 0.455 e. The van der Waals surface area contributed by atoms with Crippen molar-refractivity contribution in [3.8, 4) is 0 Å². The number of nitrogens with two attached hydrogens (primary N) is 1. The molecule has 0 radical (unpaired) electrons. The fraction of sp³-hybridized carbons (Fsp3) is 0.579. The van der Waals surface area contributed by atoms with E-state index >= 15 is 0 Å². The topological polar surface area (TPSA) is 116 Å². The zero-order valence-corrected chi connectivity index (χ0v) is 16.5. The van der Waals surface area contributed by atoms with Crippen LogP contribution < -0.4 is 10.5 Å². The van der Waals surface area contributed by atoms with Gasteiger partial charge in [0.2, 0.25) is 10.0 Å². The Morgan fingerprint density at radius 1 is 1.22 bits per heavy atom. The van der Waals surface area contributed by atoms with Crippen LogP contribution in [0.3, 0.4) is 0 Å². The highest BCUT2D eigenvalue weighted by molar-refractivity contribution is 7.89. The van der Waals surface area contributed by atoms with Gasteiger partial charge in [0.05, 0.1) is 10.8 Å². The fourth-order valence-electron chi connectivity index (χ4n) is 3.38. The number of rotatable bonds is 8. The lowest BCUT2D eigenvalue weighted by molar-refractivity contribution is -0.152. The minimum atomic E-state index is -3.85. The van der Waals surface area contributed by atoms with Gasteiger partial charge in [-0.1, -0.05) is 32.3 Å². The van der Waals surface area contributed by atoms with Crippen molar-refractivity contribution in [2.24, 2.45) is 17.0 Å². The van der Waals surface area contributed by atoms with Crippen LogP contribution in [0.25, 0.3) is 0 Å². The van der Waals surface area contributed by atoms with Crippen LogP contribution >= 0.6 is 0 Å². The first-order chi connectivity index (χ1) is 12.8. The maximum Gasteiger partial charge on any atom is 0.309 e. The minimum Gasteiger partial charge on any atom is -0.455 e. The molecule has 0 bridgehead atoms. The molecule has 1 aromatic rings. The molecule has 150 valence electrons. The number of anilines is 1. The number of carbonyl (C=O) groups is 2. The van der Waals surface area contributed by atoms with E-state index in [0.29, 0.717) is 5.92 Å². The van der Waals surface area contributed by atoms with Gasteiger partial charge in [-0.05, 0) is 49.8 Å². The summed E-state index contributed by atoms with van der Waals surface area (Å²) >= 11 is 0. The average Bonchev–Trinajstić information content (AvgIpc) is 2.64. The monoisotopic (exact) mass is 396 g/mol. The molecule has 8 heteroatoms. The second-order valence-electron chi connectivity index (χ2n) is 7.09. The molecular formula is C19H28N2O5S. The van der Waals surface area contributed by atoms with Crippen molar-refractivity contribution in [2.45, 2.75) is 56.8 Å². The van der Waals surface area contributed by atoms with Gasteiger partial charge in [0.1, 0.15) is 0 Å².